The normalized spacial score (nSPS) is 11.6. The largest absolute Gasteiger partial charge is 0.507 e. The number of aryl methyl sites for hydroxylation is 1. The molecule has 1 aromatic carbocycles. The van der Waals surface area contributed by atoms with Gasteiger partial charge in [-0.1, -0.05) is 26.8 Å². The van der Waals surface area contributed by atoms with Crippen LogP contribution >= 0.6 is 0 Å². The lowest BCUT2D eigenvalue weighted by Crippen LogP contribution is -2.17. The molecule has 16 heavy (non-hydrogen) atoms. The molecule has 0 saturated carbocycles. The number of phenols is 1. The molecule has 0 spiro atoms. The van der Waals surface area contributed by atoms with E-state index in [1.54, 1.807) is 13.8 Å². The lowest BCUT2D eigenvalue weighted by Gasteiger charge is -2.24. The van der Waals surface area contributed by atoms with Gasteiger partial charge < -0.3 is 5.11 Å². The summed E-state index contributed by atoms with van der Waals surface area (Å²) < 4.78 is 0. The van der Waals surface area contributed by atoms with E-state index < -0.39 is 0 Å². The fourth-order valence-electron chi connectivity index (χ4n) is 2.02. The predicted molar refractivity (Wildman–Crippen MR) is 66.3 cm³/mol. The van der Waals surface area contributed by atoms with Crippen molar-refractivity contribution in [3.63, 3.8) is 0 Å². The maximum Gasteiger partial charge on any atom is 0.160 e. The van der Waals surface area contributed by atoms with Crippen LogP contribution in [-0.4, -0.2) is 10.9 Å². The number of hydrogen-bond acceptors (Lipinski definition) is 2. The Morgan fingerprint density at radius 3 is 2.12 bits per heavy atom. The third-order valence-electron chi connectivity index (χ3n) is 2.89. The smallest absolute Gasteiger partial charge is 0.160 e. The molecule has 2 heteroatoms. The fraction of sp³-hybridized carbons (Fsp3) is 0.500. The molecule has 0 fully saturated rings. The van der Waals surface area contributed by atoms with E-state index >= 15 is 0 Å². The van der Waals surface area contributed by atoms with Crippen LogP contribution < -0.4 is 0 Å². The Hall–Kier alpha value is -1.31. The van der Waals surface area contributed by atoms with Crippen molar-refractivity contribution in [2.24, 2.45) is 0 Å². The minimum absolute atomic E-state index is 0.0118. The fourth-order valence-corrected chi connectivity index (χ4v) is 2.02. The van der Waals surface area contributed by atoms with Crippen molar-refractivity contribution < 1.29 is 9.90 Å². The van der Waals surface area contributed by atoms with E-state index in [0.29, 0.717) is 11.1 Å². The van der Waals surface area contributed by atoms with Gasteiger partial charge in [0.15, 0.2) is 5.78 Å². The first-order chi connectivity index (χ1) is 7.16. The summed E-state index contributed by atoms with van der Waals surface area (Å²) in [6, 6.07) is 1.92. The van der Waals surface area contributed by atoms with E-state index in [1.807, 2.05) is 13.0 Å². The molecule has 0 aromatic heterocycles. The molecule has 1 rings (SSSR count). The summed E-state index contributed by atoms with van der Waals surface area (Å²) in [6.45, 7) is 11.4. The van der Waals surface area contributed by atoms with Crippen LogP contribution in [0, 0.1) is 13.8 Å². The summed E-state index contributed by atoms with van der Waals surface area (Å²) >= 11 is 0. The number of phenolic OH excluding ortho intramolecular Hbond substituents is 1. The van der Waals surface area contributed by atoms with E-state index in [4.69, 9.17) is 0 Å². The number of Topliss-reactive ketones (excluding diaryl/α,β-unsaturated/α-hetero) is 1. The first kappa shape index (κ1) is 12.8. The number of hydrogen-bond donors (Lipinski definition) is 1. The summed E-state index contributed by atoms with van der Waals surface area (Å²) in [7, 11) is 0. The summed E-state index contributed by atoms with van der Waals surface area (Å²) in [6.07, 6.45) is 0. The minimum atomic E-state index is -0.0930. The van der Waals surface area contributed by atoms with Crippen LogP contribution in [0.1, 0.15) is 54.7 Å². The van der Waals surface area contributed by atoms with Gasteiger partial charge in [-0.3, -0.25) is 4.79 Å². The number of carbonyl (C=O) groups excluding carboxylic acids is 1. The maximum absolute atomic E-state index is 11.7. The zero-order valence-corrected chi connectivity index (χ0v) is 10.9. The highest BCUT2D eigenvalue weighted by molar-refractivity contribution is 5.98. The van der Waals surface area contributed by atoms with Crippen LogP contribution in [0.5, 0.6) is 5.75 Å². The van der Waals surface area contributed by atoms with E-state index in [-0.39, 0.29) is 16.9 Å². The topological polar surface area (TPSA) is 37.3 Å². The van der Waals surface area contributed by atoms with Crippen molar-refractivity contribution in [3.05, 3.63) is 28.3 Å². The monoisotopic (exact) mass is 220 g/mol. The first-order valence-corrected chi connectivity index (χ1v) is 5.51. The van der Waals surface area contributed by atoms with Crippen molar-refractivity contribution >= 4 is 5.78 Å². The van der Waals surface area contributed by atoms with Crippen LogP contribution in [0.15, 0.2) is 6.07 Å². The highest BCUT2D eigenvalue weighted by Crippen LogP contribution is 2.34. The second-order valence-corrected chi connectivity index (χ2v) is 5.40. The Morgan fingerprint density at radius 2 is 1.75 bits per heavy atom. The maximum atomic E-state index is 11.7. The standard InChI is InChI=1S/C14H20O2/c1-8-7-11(14(4,5)6)12(10(3)15)9(2)13(8)16/h7,16H,1-6H3. The van der Waals surface area contributed by atoms with Gasteiger partial charge in [0.05, 0.1) is 0 Å². The average molecular weight is 220 g/mol. The Kier molecular flexibility index (Phi) is 3.13. The van der Waals surface area contributed by atoms with Gasteiger partial charge in [-0.05, 0) is 37.3 Å². The Labute approximate surface area is 97.3 Å². The molecule has 1 aromatic rings. The number of carbonyl (C=O) groups is 1. The van der Waals surface area contributed by atoms with Gasteiger partial charge in [0.25, 0.3) is 0 Å². The van der Waals surface area contributed by atoms with Crippen LogP contribution in [0.25, 0.3) is 0 Å². The zero-order valence-electron chi connectivity index (χ0n) is 10.9. The molecule has 0 radical (unpaired) electrons. The molecular weight excluding hydrogens is 200 g/mol. The van der Waals surface area contributed by atoms with Crippen molar-refractivity contribution in [2.45, 2.75) is 47.0 Å². The highest BCUT2D eigenvalue weighted by Gasteiger charge is 2.24. The Bertz CT molecular complexity index is 437. The van der Waals surface area contributed by atoms with Gasteiger partial charge >= 0.3 is 0 Å². The summed E-state index contributed by atoms with van der Waals surface area (Å²) in [5, 5.41) is 9.87. The number of rotatable bonds is 1. The number of aromatic hydroxyl groups is 1. The molecule has 0 heterocycles. The lowest BCUT2D eigenvalue weighted by atomic mass is 9.80. The van der Waals surface area contributed by atoms with Gasteiger partial charge in [-0.25, -0.2) is 0 Å². The second-order valence-electron chi connectivity index (χ2n) is 5.40. The third kappa shape index (κ3) is 2.11. The molecule has 0 atom stereocenters. The molecule has 0 bridgehead atoms. The van der Waals surface area contributed by atoms with E-state index in [2.05, 4.69) is 20.8 Å². The van der Waals surface area contributed by atoms with Crippen molar-refractivity contribution in [1.82, 2.24) is 0 Å². The number of ketones is 1. The molecule has 0 saturated heterocycles. The predicted octanol–water partition coefficient (Wildman–Crippen LogP) is 3.51. The molecule has 0 aliphatic carbocycles. The Morgan fingerprint density at radius 1 is 1.25 bits per heavy atom. The van der Waals surface area contributed by atoms with E-state index in [0.717, 1.165) is 11.1 Å². The molecule has 0 aliphatic heterocycles. The number of benzene rings is 1. The minimum Gasteiger partial charge on any atom is -0.507 e. The van der Waals surface area contributed by atoms with Gasteiger partial charge in [-0.15, -0.1) is 0 Å². The zero-order chi connectivity index (χ0) is 12.7. The molecule has 0 unspecified atom stereocenters. The Balaban J connectivity index is 3.67. The van der Waals surface area contributed by atoms with E-state index in [1.165, 1.54) is 0 Å². The van der Waals surface area contributed by atoms with Crippen molar-refractivity contribution in [1.29, 1.82) is 0 Å². The molecule has 2 nitrogen and oxygen atoms in total. The average Bonchev–Trinajstić information content (AvgIpc) is 2.11. The van der Waals surface area contributed by atoms with Gasteiger partial charge in [0.1, 0.15) is 5.75 Å². The SMILES string of the molecule is CC(=O)c1c(C(C)(C)C)cc(C)c(O)c1C. The van der Waals surface area contributed by atoms with Gasteiger partial charge in [0.2, 0.25) is 0 Å². The molecular formula is C14H20O2. The second kappa shape index (κ2) is 3.93. The first-order valence-electron chi connectivity index (χ1n) is 5.51. The van der Waals surface area contributed by atoms with Crippen LogP contribution in [0.3, 0.4) is 0 Å². The molecule has 88 valence electrons. The highest BCUT2D eigenvalue weighted by atomic mass is 16.3. The third-order valence-corrected chi connectivity index (χ3v) is 2.89. The molecule has 0 amide bonds. The van der Waals surface area contributed by atoms with Crippen LogP contribution in [-0.2, 0) is 5.41 Å². The van der Waals surface area contributed by atoms with Gasteiger partial charge in [0, 0.05) is 11.1 Å². The summed E-state index contributed by atoms with van der Waals surface area (Å²) in [5.74, 6) is 0.246. The lowest BCUT2D eigenvalue weighted by molar-refractivity contribution is 0.101. The summed E-state index contributed by atoms with van der Waals surface area (Å²) in [4.78, 5) is 11.7. The van der Waals surface area contributed by atoms with Crippen molar-refractivity contribution in [2.75, 3.05) is 0 Å². The molecule has 1 N–H and O–H groups in total. The van der Waals surface area contributed by atoms with Crippen molar-refractivity contribution in [3.8, 4) is 5.75 Å². The van der Waals surface area contributed by atoms with E-state index in [9.17, 15) is 9.90 Å². The summed E-state index contributed by atoms with van der Waals surface area (Å²) in [5.41, 5.74) is 3.10. The quantitative estimate of drug-likeness (QED) is 0.735. The van der Waals surface area contributed by atoms with Crippen LogP contribution in [0.4, 0.5) is 0 Å². The van der Waals surface area contributed by atoms with Crippen LogP contribution in [0.2, 0.25) is 0 Å². The molecule has 0 aliphatic rings. The van der Waals surface area contributed by atoms with Gasteiger partial charge in [-0.2, -0.15) is 0 Å².